The summed E-state index contributed by atoms with van der Waals surface area (Å²) in [4.78, 5) is 0. The first-order valence-electron chi connectivity index (χ1n) is 6.24. The Balaban J connectivity index is 2.23. The van der Waals surface area contributed by atoms with E-state index in [0.717, 1.165) is 14.3 Å². The Bertz CT molecular complexity index is 500. The molecule has 2 heteroatoms. The molecule has 0 saturated carbocycles. The number of benzene rings is 2. The summed E-state index contributed by atoms with van der Waals surface area (Å²) in [6.07, 6.45) is 0. The van der Waals surface area contributed by atoms with Gasteiger partial charge in [-0.25, -0.2) is 0 Å². The minimum atomic E-state index is 0.328. The summed E-state index contributed by atoms with van der Waals surface area (Å²) in [5, 5.41) is 5.23. The second-order valence-electron chi connectivity index (χ2n) is 5.41. The molecule has 0 heterocycles. The standard InChI is InChI=1S/C16H20NP/c1-16(2,3)18-15-12-8-7-11-14(15)17-13-9-5-4-6-10-13/h4-12,17-18H,1-3H3. The molecule has 2 aromatic rings. The molecule has 1 atom stereocenters. The van der Waals surface area contributed by atoms with Gasteiger partial charge >= 0.3 is 0 Å². The van der Waals surface area contributed by atoms with Crippen LogP contribution in [0.3, 0.4) is 0 Å². The normalized spacial score (nSPS) is 11.9. The Kier molecular flexibility index (Phi) is 4.04. The van der Waals surface area contributed by atoms with Crippen molar-refractivity contribution in [3.8, 4) is 0 Å². The lowest BCUT2D eigenvalue weighted by atomic mass is 10.2. The van der Waals surface area contributed by atoms with Crippen molar-refractivity contribution in [1.82, 2.24) is 0 Å². The van der Waals surface area contributed by atoms with Gasteiger partial charge in [0, 0.05) is 11.4 Å². The van der Waals surface area contributed by atoms with E-state index in [2.05, 4.69) is 74.6 Å². The summed E-state index contributed by atoms with van der Waals surface area (Å²) in [7, 11) is 0.802. The Morgan fingerprint density at radius 1 is 0.833 bits per heavy atom. The van der Waals surface area contributed by atoms with Gasteiger partial charge in [-0.1, -0.05) is 65.8 Å². The lowest BCUT2D eigenvalue weighted by molar-refractivity contribution is 0.799. The van der Waals surface area contributed by atoms with Crippen LogP contribution in [0.5, 0.6) is 0 Å². The highest BCUT2D eigenvalue weighted by Crippen LogP contribution is 2.32. The van der Waals surface area contributed by atoms with E-state index in [-0.39, 0.29) is 0 Å². The van der Waals surface area contributed by atoms with E-state index in [1.165, 1.54) is 11.0 Å². The molecule has 0 radical (unpaired) electrons. The average Bonchev–Trinajstić information content (AvgIpc) is 2.31. The van der Waals surface area contributed by atoms with Gasteiger partial charge in [0.2, 0.25) is 0 Å². The van der Waals surface area contributed by atoms with Crippen molar-refractivity contribution in [1.29, 1.82) is 0 Å². The lowest BCUT2D eigenvalue weighted by Gasteiger charge is -2.21. The maximum Gasteiger partial charge on any atom is 0.0459 e. The molecule has 0 aliphatic heterocycles. The van der Waals surface area contributed by atoms with E-state index >= 15 is 0 Å². The third kappa shape index (κ3) is 3.85. The molecule has 0 spiro atoms. The zero-order valence-electron chi connectivity index (χ0n) is 11.2. The van der Waals surface area contributed by atoms with E-state index in [1.807, 2.05) is 6.07 Å². The predicted molar refractivity (Wildman–Crippen MR) is 83.9 cm³/mol. The van der Waals surface area contributed by atoms with Gasteiger partial charge in [0.1, 0.15) is 0 Å². The van der Waals surface area contributed by atoms with E-state index in [0.29, 0.717) is 5.16 Å². The first-order valence-corrected chi connectivity index (χ1v) is 7.24. The molecular weight excluding hydrogens is 237 g/mol. The first kappa shape index (κ1) is 13.1. The number of rotatable bonds is 3. The van der Waals surface area contributed by atoms with Crippen molar-refractivity contribution in [3.05, 3.63) is 54.6 Å². The van der Waals surface area contributed by atoms with Crippen molar-refractivity contribution >= 4 is 25.3 Å². The molecule has 0 aromatic heterocycles. The quantitative estimate of drug-likeness (QED) is 0.796. The van der Waals surface area contributed by atoms with Crippen LogP contribution in [0.1, 0.15) is 20.8 Å². The fourth-order valence-electron chi connectivity index (χ4n) is 1.78. The maximum absolute atomic E-state index is 3.50. The molecule has 18 heavy (non-hydrogen) atoms. The van der Waals surface area contributed by atoms with Crippen LogP contribution >= 0.6 is 8.58 Å². The van der Waals surface area contributed by atoms with E-state index in [9.17, 15) is 0 Å². The van der Waals surface area contributed by atoms with Gasteiger partial charge in [-0.15, -0.1) is 0 Å². The van der Waals surface area contributed by atoms with Gasteiger partial charge in [0.15, 0.2) is 0 Å². The van der Waals surface area contributed by atoms with Crippen molar-refractivity contribution in [2.75, 3.05) is 5.32 Å². The maximum atomic E-state index is 3.50. The number of hydrogen-bond donors (Lipinski definition) is 1. The zero-order chi connectivity index (χ0) is 13.0. The summed E-state index contributed by atoms with van der Waals surface area (Å²) < 4.78 is 0. The summed E-state index contributed by atoms with van der Waals surface area (Å²) in [5.41, 5.74) is 2.36. The summed E-state index contributed by atoms with van der Waals surface area (Å²) >= 11 is 0. The van der Waals surface area contributed by atoms with Crippen molar-refractivity contribution in [2.45, 2.75) is 25.9 Å². The molecule has 2 aromatic carbocycles. The SMILES string of the molecule is CC(C)(C)Pc1ccccc1Nc1ccccc1. The predicted octanol–water partition coefficient (Wildman–Crippen LogP) is 4.53. The molecule has 1 N–H and O–H groups in total. The summed E-state index contributed by atoms with van der Waals surface area (Å²) in [5.74, 6) is 0. The highest BCUT2D eigenvalue weighted by molar-refractivity contribution is 7.49. The van der Waals surface area contributed by atoms with Crippen LogP contribution in [0.25, 0.3) is 0 Å². The monoisotopic (exact) mass is 257 g/mol. The van der Waals surface area contributed by atoms with Crippen LogP contribution in [0, 0.1) is 0 Å². The molecule has 0 bridgehead atoms. The minimum absolute atomic E-state index is 0.328. The van der Waals surface area contributed by atoms with Crippen molar-refractivity contribution < 1.29 is 0 Å². The highest BCUT2D eigenvalue weighted by Gasteiger charge is 2.13. The third-order valence-electron chi connectivity index (χ3n) is 2.49. The second-order valence-corrected chi connectivity index (χ2v) is 7.70. The Labute approximate surface area is 111 Å². The Hall–Kier alpha value is -1.33. The van der Waals surface area contributed by atoms with Crippen LogP contribution in [-0.4, -0.2) is 5.16 Å². The van der Waals surface area contributed by atoms with Crippen LogP contribution in [0.4, 0.5) is 11.4 Å². The molecule has 0 amide bonds. The summed E-state index contributed by atoms with van der Waals surface area (Å²) in [6, 6.07) is 18.9. The second kappa shape index (κ2) is 5.54. The number of nitrogens with one attached hydrogen (secondary N) is 1. The van der Waals surface area contributed by atoms with Crippen molar-refractivity contribution in [3.63, 3.8) is 0 Å². The van der Waals surface area contributed by atoms with Gasteiger partial charge in [-0.2, -0.15) is 0 Å². The summed E-state index contributed by atoms with van der Waals surface area (Å²) in [6.45, 7) is 6.85. The number of hydrogen-bond acceptors (Lipinski definition) is 1. The van der Waals surface area contributed by atoms with E-state index in [1.54, 1.807) is 0 Å². The van der Waals surface area contributed by atoms with Crippen LogP contribution in [-0.2, 0) is 0 Å². The average molecular weight is 257 g/mol. The van der Waals surface area contributed by atoms with Gasteiger partial charge in [0.05, 0.1) is 0 Å². The molecular formula is C16H20NP. The smallest absolute Gasteiger partial charge is 0.0459 e. The van der Waals surface area contributed by atoms with Gasteiger partial charge < -0.3 is 5.32 Å². The molecule has 0 aliphatic rings. The molecule has 1 nitrogen and oxygen atoms in total. The largest absolute Gasteiger partial charge is 0.355 e. The number of anilines is 2. The topological polar surface area (TPSA) is 12.0 Å². The minimum Gasteiger partial charge on any atom is -0.355 e. The number of para-hydroxylation sites is 2. The van der Waals surface area contributed by atoms with Crippen LogP contribution < -0.4 is 10.6 Å². The first-order chi connectivity index (χ1) is 8.54. The van der Waals surface area contributed by atoms with Gasteiger partial charge in [0.25, 0.3) is 0 Å². The van der Waals surface area contributed by atoms with E-state index in [4.69, 9.17) is 0 Å². The van der Waals surface area contributed by atoms with Crippen LogP contribution in [0.2, 0.25) is 0 Å². The molecule has 2 rings (SSSR count). The van der Waals surface area contributed by atoms with Crippen LogP contribution in [0.15, 0.2) is 54.6 Å². The third-order valence-corrected chi connectivity index (χ3v) is 3.94. The molecule has 0 aliphatic carbocycles. The Morgan fingerprint density at radius 2 is 1.44 bits per heavy atom. The molecule has 0 saturated heterocycles. The highest BCUT2D eigenvalue weighted by atomic mass is 31.1. The lowest BCUT2D eigenvalue weighted by Crippen LogP contribution is -2.14. The fourth-order valence-corrected chi connectivity index (χ4v) is 3.05. The van der Waals surface area contributed by atoms with Gasteiger partial charge in [-0.05, 0) is 28.7 Å². The molecule has 94 valence electrons. The zero-order valence-corrected chi connectivity index (χ0v) is 12.2. The molecule has 1 unspecified atom stereocenters. The Morgan fingerprint density at radius 3 is 2.11 bits per heavy atom. The van der Waals surface area contributed by atoms with Crippen molar-refractivity contribution in [2.24, 2.45) is 0 Å². The van der Waals surface area contributed by atoms with E-state index < -0.39 is 0 Å². The van der Waals surface area contributed by atoms with Gasteiger partial charge in [-0.3, -0.25) is 0 Å². The molecule has 0 fully saturated rings. The fraction of sp³-hybridized carbons (Fsp3) is 0.250.